The van der Waals surface area contributed by atoms with Gasteiger partial charge in [-0.1, -0.05) is 11.6 Å². The van der Waals surface area contributed by atoms with Crippen molar-refractivity contribution in [2.75, 3.05) is 43.4 Å². The maximum atomic E-state index is 6.14. The number of aryl methyl sites for hydroxylation is 1. The van der Waals surface area contributed by atoms with Gasteiger partial charge in [0.05, 0.1) is 11.6 Å². The highest BCUT2D eigenvalue weighted by molar-refractivity contribution is 5.86. The molecule has 4 heterocycles. The molecule has 0 aliphatic carbocycles. The Hall–Kier alpha value is -2.15. The molecule has 7 heteroatoms. The van der Waals surface area contributed by atoms with Crippen LogP contribution >= 0.6 is 0 Å². The van der Waals surface area contributed by atoms with Gasteiger partial charge in [-0.05, 0) is 64.5 Å². The topological polar surface area (TPSA) is 76.1 Å². The molecule has 0 atom stereocenters. The predicted molar refractivity (Wildman–Crippen MR) is 114 cm³/mol. The number of nitrogens with zero attached hydrogens (tertiary/aromatic N) is 6. The van der Waals surface area contributed by atoms with E-state index < -0.39 is 0 Å². The van der Waals surface area contributed by atoms with E-state index in [0.29, 0.717) is 5.82 Å². The summed E-state index contributed by atoms with van der Waals surface area (Å²) in [6.45, 7) is 10.0. The first kappa shape index (κ1) is 19.2. The third kappa shape index (κ3) is 3.99. The smallest absolute Gasteiger partial charge is 0.229 e. The molecule has 0 aromatic carbocycles. The lowest BCUT2D eigenvalue weighted by Gasteiger charge is -2.40. The highest BCUT2D eigenvalue weighted by atomic mass is 15.3. The number of rotatable bonds is 4. The van der Waals surface area contributed by atoms with Crippen molar-refractivity contribution >= 4 is 22.8 Å². The van der Waals surface area contributed by atoms with Gasteiger partial charge >= 0.3 is 0 Å². The van der Waals surface area contributed by atoms with Gasteiger partial charge in [0, 0.05) is 26.7 Å². The van der Waals surface area contributed by atoms with E-state index in [9.17, 15) is 0 Å². The van der Waals surface area contributed by atoms with Crippen LogP contribution in [-0.4, -0.2) is 57.4 Å². The third-order valence-corrected chi connectivity index (χ3v) is 6.49. The molecule has 4 rings (SSSR count). The van der Waals surface area contributed by atoms with Crippen LogP contribution < -0.4 is 10.6 Å². The van der Waals surface area contributed by atoms with Crippen molar-refractivity contribution in [3.8, 4) is 0 Å². The molecule has 2 fully saturated rings. The number of hydrogen-bond donors (Lipinski definition) is 1. The highest BCUT2D eigenvalue weighted by Gasteiger charge is 2.30. The molecule has 0 bridgehead atoms. The minimum absolute atomic E-state index is 0.527. The molecule has 2 aliphatic heterocycles. The first-order chi connectivity index (χ1) is 13.5. The van der Waals surface area contributed by atoms with E-state index in [1.807, 2.05) is 7.05 Å². The highest BCUT2D eigenvalue weighted by Crippen LogP contribution is 2.33. The molecule has 2 aliphatic rings. The Morgan fingerprint density at radius 1 is 1.07 bits per heavy atom. The number of anilines is 2. The second-order valence-corrected chi connectivity index (χ2v) is 8.66. The molecule has 2 aromatic rings. The zero-order valence-corrected chi connectivity index (χ0v) is 17.4. The molecule has 0 spiro atoms. The van der Waals surface area contributed by atoms with Crippen LogP contribution in [-0.2, 0) is 7.05 Å². The summed E-state index contributed by atoms with van der Waals surface area (Å²) in [6, 6.07) is 0. The number of hydrogen-bond acceptors (Lipinski definition) is 6. The molecule has 0 radical (unpaired) electrons. The summed E-state index contributed by atoms with van der Waals surface area (Å²) in [6.07, 6.45) is 9.22. The maximum Gasteiger partial charge on any atom is 0.229 e. The molecular weight excluding hydrogens is 350 g/mol. The van der Waals surface area contributed by atoms with Crippen LogP contribution in [0, 0.1) is 11.8 Å². The Morgan fingerprint density at radius 2 is 1.71 bits per heavy atom. The number of nitrogen functional groups attached to an aromatic ring is 1. The van der Waals surface area contributed by atoms with Gasteiger partial charge in [-0.15, -0.1) is 0 Å². The first-order valence-corrected chi connectivity index (χ1v) is 10.6. The number of fused-ring (bicyclic) bond motifs is 1. The summed E-state index contributed by atoms with van der Waals surface area (Å²) in [7, 11) is 1.90. The summed E-state index contributed by atoms with van der Waals surface area (Å²) in [4.78, 5) is 14.2. The number of nitrogens with two attached hydrogens (primary N) is 1. The molecule has 28 heavy (non-hydrogen) atoms. The molecule has 2 saturated heterocycles. The molecule has 152 valence electrons. The van der Waals surface area contributed by atoms with Crippen LogP contribution in [0.25, 0.3) is 11.0 Å². The first-order valence-electron chi connectivity index (χ1n) is 10.6. The van der Waals surface area contributed by atoms with Crippen LogP contribution in [0.3, 0.4) is 0 Å². The Bertz CT molecular complexity index is 836. The van der Waals surface area contributed by atoms with Crippen molar-refractivity contribution in [2.45, 2.75) is 39.5 Å². The third-order valence-electron chi connectivity index (χ3n) is 6.49. The van der Waals surface area contributed by atoms with E-state index in [1.54, 1.807) is 10.9 Å². The average Bonchev–Trinajstić information content (AvgIpc) is 3.08. The summed E-state index contributed by atoms with van der Waals surface area (Å²) >= 11 is 0. The Morgan fingerprint density at radius 3 is 2.36 bits per heavy atom. The standard InChI is InChI=1S/C21H33N7/c1-15(2)4-9-27-10-5-16(6-11-27)17-7-12-28(13-8-17)21-24-19(22)18-14-23-26(3)20(18)25-21/h4,14,16-17H,5-13H2,1-3H3,(H2,22,24,25). The zero-order chi connectivity index (χ0) is 19.7. The number of likely N-dealkylation sites (tertiary alicyclic amines) is 1. The SMILES string of the molecule is CC(C)=CCN1CCC(C2CCN(c3nc(N)c4cnn(C)c4n3)CC2)CC1. The van der Waals surface area contributed by atoms with Crippen molar-refractivity contribution in [3.05, 3.63) is 17.8 Å². The van der Waals surface area contributed by atoms with Crippen LogP contribution in [0.5, 0.6) is 0 Å². The molecule has 2 aromatic heterocycles. The lowest BCUT2D eigenvalue weighted by molar-refractivity contribution is 0.143. The fourth-order valence-electron chi connectivity index (χ4n) is 4.66. The van der Waals surface area contributed by atoms with Crippen LogP contribution in [0.4, 0.5) is 11.8 Å². The second kappa shape index (κ2) is 8.07. The lowest BCUT2D eigenvalue weighted by atomic mass is 9.79. The Kier molecular flexibility index (Phi) is 5.53. The molecule has 7 nitrogen and oxygen atoms in total. The summed E-state index contributed by atoms with van der Waals surface area (Å²) < 4.78 is 1.77. The summed E-state index contributed by atoms with van der Waals surface area (Å²) in [5, 5.41) is 5.09. The predicted octanol–water partition coefficient (Wildman–Crippen LogP) is 2.84. The fraction of sp³-hybridized carbons (Fsp3) is 0.667. The van der Waals surface area contributed by atoms with Gasteiger partial charge in [0.15, 0.2) is 5.65 Å². The van der Waals surface area contributed by atoms with Crippen LogP contribution in [0.15, 0.2) is 17.8 Å². The monoisotopic (exact) mass is 383 g/mol. The van der Waals surface area contributed by atoms with Gasteiger partial charge in [0.25, 0.3) is 0 Å². The molecule has 0 saturated carbocycles. The largest absolute Gasteiger partial charge is 0.383 e. The lowest BCUT2D eigenvalue weighted by Crippen LogP contribution is -2.41. The molecule has 2 N–H and O–H groups in total. The van der Waals surface area contributed by atoms with E-state index in [0.717, 1.165) is 48.5 Å². The van der Waals surface area contributed by atoms with Crippen LogP contribution in [0.2, 0.25) is 0 Å². The average molecular weight is 384 g/mol. The van der Waals surface area contributed by atoms with E-state index in [4.69, 9.17) is 10.7 Å². The fourth-order valence-corrected chi connectivity index (χ4v) is 4.66. The minimum atomic E-state index is 0.527. The van der Waals surface area contributed by atoms with Crippen molar-refractivity contribution < 1.29 is 0 Å². The van der Waals surface area contributed by atoms with Crippen molar-refractivity contribution in [1.29, 1.82) is 0 Å². The van der Waals surface area contributed by atoms with Crippen molar-refractivity contribution in [1.82, 2.24) is 24.6 Å². The summed E-state index contributed by atoms with van der Waals surface area (Å²) in [5.41, 5.74) is 8.37. The minimum Gasteiger partial charge on any atom is -0.383 e. The molecule has 0 amide bonds. The second-order valence-electron chi connectivity index (χ2n) is 8.66. The van der Waals surface area contributed by atoms with Gasteiger partial charge in [-0.25, -0.2) is 0 Å². The van der Waals surface area contributed by atoms with Crippen molar-refractivity contribution in [3.63, 3.8) is 0 Å². The quantitative estimate of drug-likeness (QED) is 0.818. The van der Waals surface area contributed by atoms with E-state index in [-0.39, 0.29) is 0 Å². The maximum absolute atomic E-state index is 6.14. The van der Waals surface area contributed by atoms with Gasteiger partial charge < -0.3 is 10.6 Å². The number of piperidine rings is 2. The van der Waals surface area contributed by atoms with E-state index >= 15 is 0 Å². The van der Waals surface area contributed by atoms with Gasteiger partial charge in [0.1, 0.15) is 5.82 Å². The number of aromatic nitrogens is 4. The number of allylic oxidation sites excluding steroid dienone is 1. The Labute approximate surface area is 167 Å². The zero-order valence-electron chi connectivity index (χ0n) is 17.4. The normalized spacial score (nSPS) is 20.0. The van der Waals surface area contributed by atoms with Gasteiger partial charge in [-0.3, -0.25) is 9.58 Å². The van der Waals surface area contributed by atoms with E-state index in [1.165, 1.54) is 44.3 Å². The van der Waals surface area contributed by atoms with Gasteiger partial charge in [-0.2, -0.15) is 15.1 Å². The molecule has 0 unspecified atom stereocenters. The van der Waals surface area contributed by atoms with E-state index in [2.05, 4.69) is 39.8 Å². The van der Waals surface area contributed by atoms with Gasteiger partial charge in [0.2, 0.25) is 5.95 Å². The van der Waals surface area contributed by atoms with Crippen LogP contribution in [0.1, 0.15) is 39.5 Å². The Balaban J connectivity index is 1.33. The van der Waals surface area contributed by atoms with Crippen molar-refractivity contribution in [2.24, 2.45) is 18.9 Å². The summed E-state index contributed by atoms with van der Waals surface area (Å²) in [5.74, 6) is 2.98. The molecular formula is C21H33N7.